The van der Waals surface area contributed by atoms with Gasteiger partial charge >= 0.3 is 0 Å². The zero-order valence-corrected chi connectivity index (χ0v) is 18.6. The van der Waals surface area contributed by atoms with Crippen LogP contribution >= 0.6 is 23.4 Å². The second-order valence-electron chi connectivity index (χ2n) is 7.53. The first-order valence-corrected chi connectivity index (χ1v) is 11.5. The predicted octanol–water partition coefficient (Wildman–Crippen LogP) is 1.49. The lowest BCUT2D eigenvalue weighted by Crippen LogP contribution is -2.53. The highest BCUT2D eigenvalue weighted by Crippen LogP contribution is 2.24. The third kappa shape index (κ3) is 6.45. The molecule has 2 amide bonds. The number of thioether (sulfide) groups is 1. The van der Waals surface area contributed by atoms with Crippen LogP contribution in [0.15, 0.2) is 11.2 Å². The molecule has 3 rings (SSSR count). The van der Waals surface area contributed by atoms with Gasteiger partial charge in [-0.3, -0.25) is 9.59 Å². The van der Waals surface area contributed by atoms with E-state index in [4.69, 9.17) is 11.6 Å². The van der Waals surface area contributed by atoms with Gasteiger partial charge in [-0.1, -0.05) is 23.4 Å². The van der Waals surface area contributed by atoms with Crippen molar-refractivity contribution in [2.24, 2.45) is 0 Å². The quantitative estimate of drug-likeness (QED) is 0.390. The van der Waals surface area contributed by atoms with Crippen molar-refractivity contribution in [1.82, 2.24) is 25.1 Å². The summed E-state index contributed by atoms with van der Waals surface area (Å²) in [5.74, 6) is 1.05. The Labute approximate surface area is 181 Å². The minimum atomic E-state index is -0.0250. The molecule has 1 aromatic heterocycles. The molecule has 8 nitrogen and oxygen atoms in total. The number of hydrogen-bond donors (Lipinski definition) is 1. The monoisotopic (exact) mass is 440 g/mol. The summed E-state index contributed by atoms with van der Waals surface area (Å²) in [5.41, 5.74) is 0. The highest BCUT2D eigenvalue weighted by molar-refractivity contribution is 7.99. The van der Waals surface area contributed by atoms with E-state index in [0.29, 0.717) is 36.5 Å². The van der Waals surface area contributed by atoms with E-state index in [1.807, 2.05) is 11.8 Å². The topological polar surface area (TPSA) is 81.7 Å². The number of rotatable bonds is 7. The minimum absolute atomic E-state index is 0.0250. The molecule has 2 aliphatic heterocycles. The molecule has 0 aromatic carbocycles. The van der Waals surface area contributed by atoms with E-state index in [1.165, 1.54) is 24.6 Å². The van der Waals surface area contributed by atoms with Crippen LogP contribution in [0.3, 0.4) is 0 Å². The molecule has 1 N–H and O–H groups in total. The second-order valence-corrected chi connectivity index (χ2v) is 8.86. The molecule has 0 saturated carbocycles. The van der Waals surface area contributed by atoms with Crippen LogP contribution in [-0.4, -0.2) is 89.2 Å². The highest BCUT2D eigenvalue weighted by Gasteiger charge is 2.26. The number of nitrogens with one attached hydrogen (secondary N) is 1. The Morgan fingerprint density at radius 1 is 1.24 bits per heavy atom. The third-order valence-electron chi connectivity index (χ3n) is 5.30. The first kappa shape index (κ1) is 22.1. The number of piperazine rings is 1. The Balaban J connectivity index is 1.49. The summed E-state index contributed by atoms with van der Waals surface area (Å²) in [6.45, 7) is 9.48. The Hall–Kier alpha value is -1.58. The first-order chi connectivity index (χ1) is 13.9. The Bertz CT molecular complexity index is 731. The highest BCUT2D eigenvalue weighted by atomic mass is 35.5. The molecule has 2 aliphatic rings. The van der Waals surface area contributed by atoms with Gasteiger partial charge in [-0.25, -0.2) is 9.97 Å². The number of carbonyl (C=O) groups is 2. The number of aromatic nitrogens is 2. The molecule has 160 valence electrons. The average molecular weight is 441 g/mol. The fraction of sp³-hybridized carbons (Fsp3) is 0.684. The van der Waals surface area contributed by atoms with Crippen LogP contribution < -0.4 is 10.2 Å². The molecular formula is C19H29ClN6O2S. The maximum Gasteiger partial charge on any atom is 0.230 e. The molecular weight excluding hydrogens is 412 g/mol. The van der Waals surface area contributed by atoms with Crippen LogP contribution in [0.2, 0.25) is 5.15 Å². The smallest absolute Gasteiger partial charge is 0.230 e. The van der Waals surface area contributed by atoms with Crippen LogP contribution in [0.5, 0.6) is 0 Å². The van der Waals surface area contributed by atoms with E-state index in [1.54, 1.807) is 13.0 Å². The first-order valence-electron chi connectivity index (χ1n) is 10.1. The number of halogens is 1. The molecule has 0 bridgehead atoms. The fourth-order valence-corrected chi connectivity index (χ4v) is 4.70. The van der Waals surface area contributed by atoms with Crippen LogP contribution in [0.25, 0.3) is 0 Å². The molecule has 2 saturated heterocycles. The average Bonchev–Trinajstić information content (AvgIpc) is 3.19. The second kappa shape index (κ2) is 10.4. The molecule has 29 heavy (non-hydrogen) atoms. The van der Waals surface area contributed by atoms with Crippen molar-refractivity contribution in [2.75, 3.05) is 56.5 Å². The maximum atomic E-state index is 12.1. The Morgan fingerprint density at radius 2 is 2.00 bits per heavy atom. The molecule has 1 aromatic rings. The lowest BCUT2D eigenvalue weighted by atomic mass is 10.2. The van der Waals surface area contributed by atoms with Crippen LogP contribution in [0.4, 0.5) is 5.82 Å². The van der Waals surface area contributed by atoms with E-state index < -0.39 is 0 Å². The van der Waals surface area contributed by atoms with Crippen molar-refractivity contribution in [3.63, 3.8) is 0 Å². The summed E-state index contributed by atoms with van der Waals surface area (Å²) in [7, 11) is 0. The van der Waals surface area contributed by atoms with Crippen LogP contribution in [0, 0.1) is 0 Å². The van der Waals surface area contributed by atoms with E-state index in [0.717, 1.165) is 25.5 Å². The van der Waals surface area contributed by atoms with Gasteiger partial charge in [-0.05, 0) is 32.9 Å². The number of likely N-dealkylation sites (tertiary alicyclic amines) is 1. The van der Waals surface area contributed by atoms with Gasteiger partial charge in [0.2, 0.25) is 11.8 Å². The number of nitrogens with zero attached hydrogens (tertiary/aromatic N) is 5. The largest absolute Gasteiger partial charge is 0.354 e. The SMILES string of the molecule is CC(=O)N1CCN(c2cc(Cl)nc(SCC(=O)NCCN3CCCC3)n2)CC1C. The molecule has 3 heterocycles. The van der Waals surface area contributed by atoms with Crippen molar-refractivity contribution in [3.8, 4) is 0 Å². The summed E-state index contributed by atoms with van der Waals surface area (Å²) >= 11 is 7.48. The van der Waals surface area contributed by atoms with Crippen LogP contribution in [-0.2, 0) is 9.59 Å². The van der Waals surface area contributed by atoms with Gasteiger partial charge in [-0.15, -0.1) is 0 Å². The van der Waals surface area contributed by atoms with Gasteiger partial charge in [0.25, 0.3) is 0 Å². The standard InChI is InChI=1S/C19H29ClN6O2S/c1-14-12-25(9-10-26(14)15(2)27)17-11-16(20)22-19(23-17)29-13-18(28)21-5-8-24-6-3-4-7-24/h11,14H,3-10,12-13H2,1-2H3,(H,21,28). The number of amides is 2. The molecule has 2 fully saturated rings. The third-order valence-corrected chi connectivity index (χ3v) is 6.34. The van der Waals surface area contributed by atoms with Gasteiger partial charge in [0.15, 0.2) is 5.16 Å². The van der Waals surface area contributed by atoms with Crippen molar-refractivity contribution in [1.29, 1.82) is 0 Å². The molecule has 0 aliphatic carbocycles. The van der Waals surface area contributed by atoms with Crippen molar-refractivity contribution in [2.45, 2.75) is 37.9 Å². The molecule has 0 radical (unpaired) electrons. The normalized spacial score (nSPS) is 20.2. The van der Waals surface area contributed by atoms with Crippen LogP contribution in [0.1, 0.15) is 26.7 Å². The van der Waals surface area contributed by atoms with E-state index >= 15 is 0 Å². The summed E-state index contributed by atoms with van der Waals surface area (Å²) in [6, 6.07) is 1.84. The summed E-state index contributed by atoms with van der Waals surface area (Å²) in [5, 5.41) is 3.80. The van der Waals surface area contributed by atoms with Crippen molar-refractivity contribution >= 4 is 41.0 Å². The summed E-state index contributed by atoms with van der Waals surface area (Å²) in [4.78, 5) is 39.0. The van der Waals surface area contributed by atoms with E-state index in [9.17, 15) is 9.59 Å². The predicted molar refractivity (Wildman–Crippen MR) is 116 cm³/mol. The summed E-state index contributed by atoms with van der Waals surface area (Å²) < 4.78 is 0. The zero-order valence-electron chi connectivity index (χ0n) is 17.1. The molecule has 1 atom stereocenters. The lowest BCUT2D eigenvalue weighted by Gasteiger charge is -2.40. The van der Waals surface area contributed by atoms with Crippen molar-refractivity contribution < 1.29 is 9.59 Å². The number of hydrogen-bond acceptors (Lipinski definition) is 7. The molecule has 10 heteroatoms. The van der Waals surface area contributed by atoms with Gasteiger partial charge in [0.1, 0.15) is 11.0 Å². The number of carbonyl (C=O) groups excluding carboxylic acids is 2. The fourth-order valence-electron chi connectivity index (χ4n) is 3.79. The summed E-state index contributed by atoms with van der Waals surface area (Å²) in [6.07, 6.45) is 2.50. The molecule has 1 unspecified atom stereocenters. The zero-order chi connectivity index (χ0) is 20.8. The number of anilines is 1. The van der Waals surface area contributed by atoms with E-state index in [-0.39, 0.29) is 23.6 Å². The Morgan fingerprint density at radius 3 is 2.69 bits per heavy atom. The van der Waals surface area contributed by atoms with Gasteiger partial charge in [0.05, 0.1) is 5.75 Å². The van der Waals surface area contributed by atoms with Gasteiger partial charge in [0, 0.05) is 51.8 Å². The van der Waals surface area contributed by atoms with Gasteiger partial charge in [-0.2, -0.15) is 0 Å². The lowest BCUT2D eigenvalue weighted by molar-refractivity contribution is -0.131. The maximum absolute atomic E-state index is 12.1. The van der Waals surface area contributed by atoms with E-state index in [2.05, 4.69) is 25.1 Å². The van der Waals surface area contributed by atoms with Gasteiger partial charge < -0.3 is 20.0 Å². The minimum Gasteiger partial charge on any atom is -0.354 e. The van der Waals surface area contributed by atoms with Crippen molar-refractivity contribution in [3.05, 3.63) is 11.2 Å². The molecule has 0 spiro atoms. The Kier molecular flexibility index (Phi) is 7.97.